The maximum atomic E-state index is 11.3. The second-order valence-electron chi connectivity index (χ2n) is 2.89. The van der Waals surface area contributed by atoms with Gasteiger partial charge in [-0.05, 0) is 13.8 Å². The van der Waals surface area contributed by atoms with E-state index >= 15 is 0 Å². The molecule has 0 aromatic carbocycles. The van der Waals surface area contributed by atoms with Gasteiger partial charge in [0, 0.05) is 12.7 Å². The number of rotatable bonds is 4. The van der Waals surface area contributed by atoms with Crippen LogP contribution in [-0.4, -0.2) is 21.3 Å². The van der Waals surface area contributed by atoms with Crippen LogP contribution in [0.25, 0.3) is 0 Å². The molecule has 0 saturated carbocycles. The third-order valence-corrected chi connectivity index (χ3v) is 1.69. The fourth-order valence-corrected chi connectivity index (χ4v) is 1.01. The largest absolute Gasteiger partial charge is 0.300 e. The number of hydrogen-bond donors (Lipinski definition) is 0. The van der Waals surface area contributed by atoms with E-state index in [-0.39, 0.29) is 18.0 Å². The first-order valence-electron chi connectivity index (χ1n) is 4.18. The predicted octanol–water partition coefficient (Wildman–Crippen LogP) is 1.06. The van der Waals surface area contributed by atoms with Gasteiger partial charge in [0.2, 0.25) is 0 Å². The molecule has 0 N–H and O–H groups in total. The Hall–Kier alpha value is -1.45. The highest BCUT2D eigenvalue weighted by atomic mass is 16.1. The first-order chi connectivity index (χ1) is 6.13. The summed E-state index contributed by atoms with van der Waals surface area (Å²) in [5, 5.41) is 3.95. The van der Waals surface area contributed by atoms with Gasteiger partial charge in [0.1, 0.15) is 5.78 Å². The minimum absolute atomic E-state index is 0.0323. The van der Waals surface area contributed by atoms with Crippen LogP contribution in [0.3, 0.4) is 0 Å². The standard InChI is InChI=1S/C9H12N2O2/c1-3-11-6-8(5-10-11)9(13)4-7(2)12/h5-6H,3-4H2,1-2H3. The first kappa shape index (κ1) is 9.64. The van der Waals surface area contributed by atoms with E-state index in [2.05, 4.69) is 5.10 Å². The Balaban J connectivity index is 2.71. The number of aromatic nitrogens is 2. The second kappa shape index (κ2) is 3.98. The molecular weight excluding hydrogens is 168 g/mol. The lowest BCUT2D eigenvalue weighted by molar-refractivity contribution is -0.116. The highest BCUT2D eigenvalue weighted by Gasteiger charge is 2.10. The molecule has 0 unspecified atom stereocenters. The molecule has 0 radical (unpaired) electrons. The van der Waals surface area contributed by atoms with Crippen molar-refractivity contribution in [2.24, 2.45) is 0 Å². The minimum Gasteiger partial charge on any atom is -0.300 e. The van der Waals surface area contributed by atoms with Crippen molar-refractivity contribution in [1.82, 2.24) is 9.78 Å². The Bertz CT molecular complexity index is 328. The van der Waals surface area contributed by atoms with Crippen LogP contribution in [0.5, 0.6) is 0 Å². The number of aryl methyl sites for hydroxylation is 1. The Kier molecular flexibility index (Phi) is 2.95. The summed E-state index contributed by atoms with van der Waals surface area (Å²) in [6.45, 7) is 4.07. The fourth-order valence-electron chi connectivity index (χ4n) is 1.01. The molecule has 1 heterocycles. The minimum atomic E-state index is -0.160. The molecule has 0 aliphatic heterocycles. The average Bonchev–Trinajstić information content (AvgIpc) is 2.50. The molecule has 1 aromatic rings. The Morgan fingerprint density at radius 3 is 2.69 bits per heavy atom. The molecule has 0 saturated heterocycles. The van der Waals surface area contributed by atoms with Crippen LogP contribution in [0, 0.1) is 0 Å². The first-order valence-corrected chi connectivity index (χ1v) is 4.18. The van der Waals surface area contributed by atoms with Gasteiger partial charge in [-0.2, -0.15) is 5.10 Å². The van der Waals surface area contributed by atoms with Crippen LogP contribution in [0.1, 0.15) is 30.6 Å². The summed E-state index contributed by atoms with van der Waals surface area (Å²) in [6.07, 6.45) is 3.12. The summed E-state index contributed by atoms with van der Waals surface area (Å²) in [5.41, 5.74) is 0.511. The summed E-state index contributed by atoms with van der Waals surface area (Å²) >= 11 is 0. The van der Waals surface area contributed by atoms with Gasteiger partial charge >= 0.3 is 0 Å². The number of ketones is 2. The van der Waals surface area contributed by atoms with E-state index in [0.29, 0.717) is 5.56 Å². The van der Waals surface area contributed by atoms with Gasteiger partial charge in [-0.15, -0.1) is 0 Å². The molecular formula is C9H12N2O2. The monoisotopic (exact) mass is 180 g/mol. The third kappa shape index (κ3) is 2.50. The lowest BCUT2D eigenvalue weighted by Crippen LogP contribution is -2.03. The maximum Gasteiger partial charge on any atom is 0.173 e. The molecule has 0 bridgehead atoms. The van der Waals surface area contributed by atoms with Crippen LogP contribution in [-0.2, 0) is 11.3 Å². The van der Waals surface area contributed by atoms with Crippen molar-refractivity contribution in [1.29, 1.82) is 0 Å². The van der Waals surface area contributed by atoms with Crippen LogP contribution < -0.4 is 0 Å². The van der Waals surface area contributed by atoms with E-state index in [1.54, 1.807) is 10.9 Å². The topological polar surface area (TPSA) is 52.0 Å². The van der Waals surface area contributed by atoms with Crippen molar-refractivity contribution in [3.8, 4) is 0 Å². The van der Waals surface area contributed by atoms with E-state index in [0.717, 1.165) is 6.54 Å². The van der Waals surface area contributed by atoms with Crippen molar-refractivity contribution in [3.63, 3.8) is 0 Å². The van der Waals surface area contributed by atoms with Gasteiger partial charge in [-0.1, -0.05) is 0 Å². The van der Waals surface area contributed by atoms with E-state index in [4.69, 9.17) is 0 Å². The quantitative estimate of drug-likeness (QED) is 0.514. The Labute approximate surface area is 76.6 Å². The Morgan fingerprint density at radius 1 is 1.54 bits per heavy atom. The van der Waals surface area contributed by atoms with Crippen molar-refractivity contribution in [2.45, 2.75) is 26.8 Å². The van der Waals surface area contributed by atoms with Crippen molar-refractivity contribution in [2.75, 3.05) is 0 Å². The van der Waals surface area contributed by atoms with Crippen molar-refractivity contribution in [3.05, 3.63) is 18.0 Å². The average molecular weight is 180 g/mol. The van der Waals surface area contributed by atoms with Gasteiger partial charge < -0.3 is 0 Å². The Morgan fingerprint density at radius 2 is 2.23 bits per heavy atom. The molecule has 0 spiro atoms. The molecule has 0 aliphatic rings. The predicted molar refractivity (Wildman–Crippen MR) is 47.5 cm³/mol. The lowest BCUT2D eigenvalue weighted by Gasteiger charge is -1.92. The number of nitrogens with zero attached hydrogens (tertiary/aromatic N) is 2. The summed E-state index contributed by atoms with van der Waals surface area (Å²) in [4.78, 5) is 22.0. The molecule has 1 rings (SSSR count). The summed E-state index contributed by atoms with van der Waals surface area (Å²) in [6, 6.07) is 0. The SMILES string of the molecule is CCn1cc(C(=O)CC(C)=O)cn1. The van der Waals surface area contributed by atoms with Gasteiger partial charge in [-0.3, -0.25) is 14.3 Å². The van der Waals surface area contributed by atoms with Crippen molar-refractivity contribution < 1.29 is 9.59 Å². The molecule has 0 aliphatic carbocycles. The lowest BCUT2D eigenvalue weighted by atomic mass is 10.1. The molecule has 70 valence electrons. The van der Waals surface area contributed by atoms with Crippen LogP contribution in [0.4, 0.5) is 0 Å². The zero-order valence-electron chi connectivity index (χ0n) is 7.78. The molecule has 4 heteroatoms. The fraction of sp³-hybridized carbons (Fsp3) is 0.444. The van der Waals surface area contributed by atoms with E-state index in [1.165, 1.54) is 13.1 Å². The number of Topliss-reactive ketones (excluding diaryl/α,β-unsaturated/α-hetero) is 2. The number of carbonyl (C=O) groups is 2. The zero-order valence-corrected chi connectivity index (χ0v) is 7.78. The van der Waals surface area contributed by atoms with Gasteiger partial charge in [0.15, 0.2) is 5.78 Å². The highest BCUT2D eigenvalue weighted by molar-refractivity contribution is 6.07. The summed E-state index contributed by atoms with van der Waals surface area (Å²) < 4.78 is 1.66. The maximum absolute atomic E-state index is 11.3. The van der Waals surface area contributed by atoms with Gasteiger partial charge in [-0.25, -0.2) is 0 Å². The van der Waals surface area contributed by atoms with Crippen LogP contribution in [0.2, 0.25) is 0 Å². The highest BCUT2D eigenvalue weighted by Crippen LogP contribution is 2.02. The van der Waals surface area contributed by atoms with E-state index in [1.807, 2.05) is 6.92 Å². The van der Waals surface area contributed by atoms with E-state index < -0.39 is 0 Å². The number of hydrogen-bond acceptors (Lipinski definition) is 3. The smallest absolute Gasteiger partial charge is 0.173 e. The van der Waals surface area contributed by atoms with Gasteiger partial charge in [0.05, 0.1) is 18.2 Å². The number of carbonyl (C=O) groups excluding carboxylic acids is 2. The zero-order chi connectivity index (χ0) is 9.84. The summed E-state index contributed by atoms with van der Waals surface area (Å²) in [7, 11) is 0. The molecule has 0 amide bonds. The molecule has 1 aromatic heterocycles. The molecule has 0 fully saturated rings. The molecule has 13 heavy (non-hydrogen) atoms. The van der Waals surface area contributed by atoms with Crippen LogP contribution >= 0.6 is 0 Å². The second-order valence-corrected chi connectivity index (χ2v) is 2.89. The third-order valence-electron chi connectivity index (χ3n) is 1.69. The molecule has 0 atom stereocenters. The van der Waals surface area contributed by atoms with Crippen LogP contribution in [0.15, 0.2) is 12.4 Å². The van der Waals surface area contributed by atoms with E-state index in [9.17, 15) is 9.59 Å². The van der Waals surface area contributed by atoms with Gasteiger partial charge in [0.25, 0.3) is 0 Å². The van der Waals surface area contributed by atoms with Crippen molar-refractivity contribution >= 4 is 11.6 Å². The summed E-state index contributed by atoms with van der Waals surface area (Å²) in [5.74, 6) is -0.276. The normalized spacial score (nSPS) is 10.0. The molecule has 4 nitrogen and oxygen atoms in total.